The van der Waals surface area contributed by atoms with E-state index in [4.69, 9.17) is 0 Å². The second-order valence-electron chi connectivity index (χ2n) is 12.8. The van der Waals surface area contributed by atoms with E-state index in [1.807, 2.05) is 0 Å². The predicted molar refractivity (Wildman–Crippen MR) is 128 cm³/mol. The van der Waals surface area contributed by atoms with Gasteiger partial charge in [-0.1, -0.05) is 52.8 Å². The third-order valence-electron chi connectivity index (χ3n) is 11.4. The van der Waals surface area contributed by atoms with Crippen molar-refractivity contribution in [3.8, 4) is 0 Å². The first kappa shape index (κ1) is 21.7. The highest BCUT2D eigenvalue weighted by Crippen LogP contribution is 2.73. The summed E-state index contributed by atoms with van der Waals surface area (Å²) in [6, 6.07) is 4.67. The van der Waals surface area contributed by atoms with Crippen molar-refractivity contribution in [3.63, 3.8) is 0 Å². The van der Waals surface area contributed by atoms with Crippen LogP contribution >= 0.6 is 0 Å². The van der Waals surface area contributed by atoms with Crippen molar-refractivity contribution in [3.05, 3.63) is 40.5 Å². The molecule has 170 valence electrons. The van der Waals surface area contributed by atoms with E-state index in [1.165, 1.54) is 36.0 Å². The Morgan fingerprint density at radius 1 is 0.935 bits per heavy atom. The summed E-state index contributed by atoms with van der Waals surface area (Å²) in [4.78, 5) is 0. The minimum absolute atomic E-state index is 0.0577. The number of aliphatic hydroxyl groups is 2. The van der Waals surface area contributed by atoms with Gasteiger partial charge in [-0.25, -0.2) is 0 Å². The van der Waals surface area contributed by atoms with Gasteiger partial charge in [-0.3, -0.25) is 0 Å². The van der Waals surface area contributed by atoms with Gasteiger partial charge < -0.3 is 10.2 Å². The Kier molecular flexibility index (Phi) is 4.53. The summed E-state index contributed by atoms with van der Waals surface area (Å²) in [5.74, 6) is 0.996. The van der Waals surface area contributed by atoms with Gasteiger partial charge in [-0.2, -0.15) is 0 Å². The zero-order valence-electron chi connectivity index (χ0n) is 20.7. The van der Waals surface area contributed by atoms with Crippen molar-refractivity contribution in [1.82, 2.24) is 0 Å². The van der Waals surface area contributed by atoms with Gasteiger partial charge in [-0.15, -0.1) is 0 Å². The van der Waals surface area contributed by atoms with Crippen LogP contribution in [-0.2, 0) is 6.42 Å². The lowest BCUT2D eigenvalue weighted by Gasteiger charge is -2.69. The van der Waals surface area contributed by atoms with Crippen LogP contribution in [0.15, 0.2) is 18.2 Å². The van der Waals surface area contributed by atoms with Crippen molar-refractivity contribution in [1.29, 1.82) is 0 Å². The van der Waals surface area contributed by atoms with Gasteiger partial charge >= 0.3 is 0 Å². The van der Waals surface area contributed by atoms with Crippen LogP contribution in [0.2, 0.25) is 0 Å². The van der Waals surface area contributed by atoms with Gasteiger partial charge in [-0.05, 0) is 114 Å². The maximum Gasteiger partial charge on any atom is 0.0852 e. The molecule has 0 amide bonds. The van der Waals surface area contributed by atoms with Crippen molar-refractivity contribution in [2.24, 2.45) is 33.5 Å². The molecule has 31 heavy (non-hydrogen) atoms. The number of aryl methyl sites for hydroxylation is 2. The predicted octanol–water partition coefficient (Wildman–Crippen LogP) is 6.23. The largest absolute Gasteiger partial charge is 0.390 e. The first-order chi connectivity index (χ1) is 14.4. The van der Waals surface area contributed by atoms with Crippen LogP contribution in [0.3, 0.4) is 0 Å². The summed E-state index contributed by atoms with van der Waals surface area (Å²) in [7, 11) is 0. The molecule has 4 aliphatic rings. The number of fused-ring (bicyclic) bond motifs is 7. The number of rotatable bonds is 0. The molecule has 0 aliphatic heterocycles. The first-order valence-corrected chi connectivity index (χ1v) is 12.5. The second-order valence-corrected chi connectivity index (χ2v) is 12.8. The fourth-order valence-electron chi connectivity index (χ4n) is 9.29. The summed E-state index contributed by atoms with van der Waals surface area (Å²) < 4.78 is 0. The zero-order chi connectivity index (χ0) is 22.6. The average molecular weight is 423 g/mol. The van der Waals surface area contributed by atoms with Crippen LogP contribution in [-0.4, -0.2) is 22.4 Å². The molecule has 0 spiro atoms. The third-order valence-corrected chi connectivity index (χ3v) is 11.4. The maximum atomic E-state index is 10.9. The van der Waals surface area contributed by atoms with Crippen LogP contribution in [0.1, 0.15) is 89.0 Å². The summed E-state index contributed by atoms with van der Waals surface area (Å²) in [6.45, 7) is 16.5. The Morgan fingerprint density at radius 2 is 1.65 bits per heavy atom. The van der Waals surface area contributed by atoms with E-state index in [2.05, 4.69) is 66.7 Å². The zero-order valence-corrected chi connectivity index (χ0v) is 20.7. The first-order valence-electron chi connectivity index (χ1n) is 12.5. The maximum absolute atomic E-state index is 10.9. The lowest BCUT2D eigenvalue weighted by molar-refractivity contribution is -0.224. The molecule has 0 aromatic heterocycles. The van der Waals surface area contributed by atoms with Gasteiger partial charge in [0.05, 0.1) is 12.2 Å². The highest BCUT2D eigenvalue weighted by molar-refractivity contribution is 5.79. The molecule has 0 unspecified atom stereocenters. The Balaban J connectivity index is 1.66. The minimum atomic E-state index is -0.618. The van der Waals surface area contributed by atoms with Crippen molar-refractivity contribution < 1.29 is 10.2 Å². The molecule has 0 heterocycles. The Hall–Kier alpha value is -1.12. The van der Waals surface area contributed by atoms with E-state index in [9.17, 15) is 10.2 Å². The molecule has 0 saturated heterocycles. The SMILES string of the molecule is Cc1ccc2c(c1C)C1=CC[C@@H]3[C@@]4(C)C[C@@H](O)[C@H](O)C(C)(C)[C@@H]4CC[C@@]3(C)[C@]1(C)CC2. The van der Waals surface area contributed by atoms with E-state index in [0.717, 1.165) is 19.3 Å². The molecule has 1 aromatic carbocycles. The monoisotopic (exact) mass is 422 g/mol. The minimum Gasteiger partial charge on any atom is -0.390 e. The summed E-state index contributed by atoms with van der Waals surface area (Å²) >= 11 is 0. The highest BCUT2D eigenvalue weighted by Gasteiger charge is 2.67. The standard InChI is InChI=1S/C29H42O2/c1-17-8-9-19-12-14-28(6)20(24(19)18(17)2)10-11-23-27(5)16-21(30)25(31)26(3,4)22(27)13-15-29(23,28)7/h8-10,21-23,25,30-31H,11-16H2,1-7H3/t21-,22+,23-,25+,27+,28-,29-/m1/s1. The van der Waals surface area contributed by atoms with Gasteiger partial charge in [0.1, 0.15) is 0 Å². The van der Waals surface area contributed by atoms with E-state index >= 15 is 0 Å². The number of hydrogen-bond donors (Lipinski definition) is 2. The topological polar surface area (TPSA) is 40.5 Å². The fourth-order valence-corrected chi connectivity index (χ4v) is 9.29. The molecule has 0 bridgehead atoms. The molecule has 1 aromatic rings. The van der Waals surface area contributed by atoms with Crippen LogP contribution < -0.4 is 0 Å². The highest BCUT2D eigenvalue weighted by atomic mass is 16.3. The summed E-state index contributed by atoms with van der Waals surface area (Å²) in [5.41, 5.74) is 7.74. The fraction of sp³-hybridized carbons (Fsp3) is 0.724. The van der Waals surface area contributed by atoms with Crippen molar-refractivity contribution in [2.45, 2.75) is 99.2 Å². The third kappa shape index (κ3) is 2.53. The molecular weight excluding hydrogens is 380 g/mol. The van der Waals surface area contributed by atoms with Gasteiger partial charge in [0, 0.05) is 0 Å². The second kappa shape index (κ2) is 6.48. The molecule has 2 saturated carbocycles. The Bertz CT molecular complexity index is 958. The molecule has 4 aliphatic carbocycles. The molecule has 2 heteroatoms. The van der Waals surface area contributed by atoms with Gasteiger partial charge in [0.2, 0.25) is 0 Å². The molecule has 2 nitrogen and oxygen atoms in total. The summed E-state index contributed by atoms with van der Waals surface area (Å²) in [5, 5.41) is 21.8. The average Bonchev–Trinajstić information content (AvgIpc) is 2.69. The summed E-state index contributed by atoms with van der Waals surface area (Å²) in [6.07, 6.45) is 7.95. The van der Waals surface area contributed by atoms with Crippen LogP contribution in [0.5, 0.6) is 0 Å². The number of benzene rings is 1. The lowest BCUT2D eigenvalue weighted by atomic mass is 9.35. The molecular formula is C29H42O2. The Morgan fingerprint density at radius 3 is 2.35 bits per heavy atom. The van der Waals surface area contributed by atoms with Crippen molar-refractivity contribution in [2.75, 3.05) is 0 Å². The quantitative estimate of drug-likeness (QED) is 0.520. The van der Waals surface area contributed by atoms with E-state index < -0.39 is 12.2 Å². The van der Waals surface area contributed by atoms with Gasteiger partial charge in [0.25, 0.3) is 0 Å². The van der Waals surface area contributed by atoms with E-state index in [-0.39, 0.29) is 21.7 Å². The number of allylic oxidation sites excluding steroid dienone is 2. The van der Waals surface area contributed by atoms with E-state index in [0.29, 0.717) is 11.8 Å². The van der Waals surface area contributed by atoms with Crippen LogP contribution in [0.4, 0.5) is 0 Å². The molecule has 5 rings (SSSR count). The number of hydrogen-bond acceptors (Lipinski definition) is 2. The molecule has 2 fully saturated rings. The van der Waals surface area contributed by atoms with Crippen LogP contribution in [0, 0.1) is 47.3 Å². The molecule has 2 N–H and O–H groups in total. The smallest absolute Gasteiger partial charge is 0.0852 e. The lowest BCUT2D eigenvalue weighted by Crippen LogP contribution is -2.65. The number of aliphatic hydroxyl groups excluding tert-OH is 2. The molecule has 0 radical (unpaired) electrons. The molecule has 7 atom stereocenters. The van der Waals surface area contributed by atoms with Crippen molar-refractivity contribution >= 4 is 5.57 Å². The van der Waals surface area contributed by atoms with E-state index in [1.54, 1.807) is 11.1 Å². The normalized spacial score (nSPS) is 45.6. The Labute approximate surface area is 189 Å². The van der Waals surface area contributed by atoms with Crippen LogP contribution in [0.25, 0.3) is 5.57 Å². The van der Waals surface area contributed by atoms with Gasteiger partial charge in [0.15, 0.2) is 0 Å².